The van der Waals surface area contributed by atoms with Crippen molar-refractivity contribution in [2.24, 2.45) is 0 Å². The van der Waals surface area contributed by atoms with Crippen LogP contribution in [-0.2, 0) is 0 Å². The van der Waals surface area contributed by atoms with Gasteiger partial charge in [0.25, 0.3) is 0 Å². The number of anilines is 1. The molecule has 0 unspecified atom stereocenters. The van der Waals surface area contributed by atoms with Gasteiger partial charge in [-0.2, -0.15) is 4.74 Å². The zero-order chi connectivity index (χ0) is 10.0. The summed E-state index contributed by atoms with van der Waals surface area (Å²) in [6.45, 7) is 5.01. The Morgan fingerprint density at radius 2 is 2.08 bits per heavy atom. The van der Waals surface area contributed by atoms with Gasteiger partial charge < -0.3 is 15.5 Å². The highest BCUT2D eigenvalue weighted by atomic mass is 16.5. The molecule has 0 aromatic heterocycles. The molecule has 0 aliphatic rings. The predicted octanol–water partition coefficient (Wildman–Crippen LogP) is 1.77. The van der Waals surface area contributed by atoms with Crippen molar-refractivity contribution in [3.8, 4) is 0 Å². The van der Waals surface area contributed by atoms with Crippen molar-refractivity contribution in [2.75, 3.05) is 12.1 Å². The van der Waals surface area contributed by atoms with E-state index in [1.165, 1.54) is 13.1 Å². The monoisotopic (exact) mass is 179 g/mol. The first kappa shape index (κ1) is 9.54. The summed E-state index contributed by atoms with van der Waals surface area (Å²) in [6, 6.07) is 4.86. The summed E-state index contributed by atoms with van der Waals surface area (Å²) in [5.74, 6) is 0. The normalized spacial score (nSPS) is 9.77. The molecule has 1 rings (SSSR count). The van der Waals surface area contributed by atoms with Crippen LogP contribution in [0.5, 0.6) is 0 Å². The van der Waals surface area contributed by atoms with Gasteiger partial charge in [-0.3, -0.25) is 0 Å². The van der Waals surface area contributed by atoms with Crippen molar-refractivity contribution >= 4 is 18.1 Å². The van der Waals surface area contributed by atoms with E-state index in [2.05, 4.69) is 6.72 Å². The summed E-state index contributed by atoms with van der Waals surface area (Å²) in [5, 5.41) is 22.6. The Kier molecular flexibility index (Phi) is 2.53. The van der Waals surface area contributed by atoms with Gasteiger partial charge in [-0.1, -0.05) is 6.07 Å². The van der Waals surface area contributed by atoms with E-state index in [1.54, 1.807) is 12.1 Å². The van der Waals surface area contributed by atoms with E-state index >= 15 is 0 Å². The molecule has 0 aliphatic carbocycles. The average Bonchev–Trinajstić information content (AvgIpc) is 2.04. The maximum absolute atomic E-state index is 11.0. The average molecular weight is 179 g/mol. The molecule has 0 fully saturated rings. The van der Waals surface area contributed by atoms with Gasteiger partial charge >= 0.3 is 0 Å². The number of benzene rings is 1. The molecule has 0 heterocycles. The number of nitrogens with zero attached hydrogens (tertiary/aromatic N) is 2. The summed E-state index contributed by atoms with van der Waals surface area (Å²) in [5.41, 5.74) is 1.70. The summed E-state index contributed by atoms with van der Waals surface area (Å²) in [4.78, 5) is 0. The zero-order valence-corrected chi connectivity index (χ0v) is 7.65. The van der Waals surface area contributed by atoms with Crippen LogP contribution >= 0.6 is 0 Å². The Labute approximate surface area is 76.9 Å². The highest BCUT2D eigenvalue weighted by molar-refractivity contribution is 5.59. The molecule has 4 nitrogen and oxygen atoms in total. The van der Waals surface area contributed by atoms with Crippen LogP contribution in [-0.4, -0.2) is 18.5 Å². The van der Waals surface area contributed by atoms with E-state index in [0.717, 1.165) is 10.6 Å². The second-order valence-corrected chi connectivity index (χ2v) is 2.85. The molecule has 0 saturated heterocycles. The van der Waals surface area contributed by atoms with Crippen LogP contribution in [0.15, 0.2) is 18.2 Å². The van der Waals surface area contributed by atoms with Crippen molar-refractivity contribution in [3.63, 3.8) is 0 Å². The van der Waals surface area contributed by atoms with Gasteiger partial charge in [0.1, 0.15) is 6.72 Å². The highest BCUT2D eigenvalue weighted by Gasteiger charge is 2.03. The molecule has 0 bridgehead atoms. The number of hydrogen-bond donors (Lipinski definition) is 0. The van der Waals surface area contributed by atoms with Gasteiger partial charge in [0.2, 0.25) is 5.69 Å². The molecule has 70 valence electrons. The minimum absolute atomic E-state index is 0.378. The quantitative estimate of drug-likeness (QED) is 0.301. The molecule has 0 spiro atoms. The van der Waals surface area contributed by atoms with Crippen LogP contribution in [0.3, 0.4) is 0 Å². The third-order valence-electron chi connectivity index (χ3n) is 1.82. The summed E-state index contributed by atoms with van der Waals surface area (Å²) >= 11 is 0. The third-order valence-corrected chi connectivity index (χ3v) is 1.82. The van der Waals surface area contributed by atoms with Gasteiger partial charge in [-0.05, 0) is 19.5 Å². The van der Waals surface area contributed by atoms with Gasteiger partial charge in [0, 0.05) is 17.8 Å². The van der Waals surface area contributed by atoms with Crippen LogP contribution in [0.1, 0.15) is 5.56 Å². The SMILES string of the molecule is C=[N+]([O-])c1ccc(C)c(N(C)[O-])c1. The molecule has 0 saturated carbocycles. The van der Waals surface area contributed by atoms with E-state index in [4.69, 9.17) is 0 Å². The Morgan fingerprint density at radius 3 is 2.54 bits per heavy atom. The topological polar surface area (TPSA) is 52.4 Å². The van der Waals surface area contributed by atoms with Crippen molar-refractivity contribution in [2.45, 2.75) is 6.92 Å². The standard InChI is InChI=1S/C9H11N2O2/c1-7-4-5-8(10(2)12)6-9(7)11(3)13/h4-6H,2H2,1,3H3/q-1. The first-order valence-corrected chi connectivity index (χ1v) is 3.81. The first-order chi connectivity index (χ1) is 6.02. The Bertz CT molecular complexity index is 334. The van der Waals surface area contributed by atoms with E-state index in [9.17, 15) is 10.4 Å². The predicted molar refractivity (Wildman–Crippen MR) is 53.4 cm³/mol. The molecule has 0 radical (unpaired) electrons. The summed E-state index contributed by atoms with van der Waals surface area (Å²) in [7, 11) is 1.39. The minimum Gasteiger partial charge on any atom is -0.758 e. The summed E-state index contributed by atoms with van der Waals surface area (Å²) < 4.78 is 0.479. The maximum atomic E-state index is 11.0. The Morgan fingerprint density at radius 1 is 1.46 bits per heavy atom. The van der Waals surface area contributed by atoms with E-state index in [0.29, 0.717) is 16.1 Å². The van der Waals surface area contributed by atoms with Crippen LogP contribution in [0.2, 0.25) is 0 Å². The van der Waals surface area contributed by atoms with Crippen molar-refractivity contribution < 1.29 is 4.74 Å². The van der Waals surface area contributed by atoms with Gasteiger partial charge in [0.05, 0.1) is 0 Å². The first-order valence-electron chi connectivity index (χ1n) is 3.81. The van der Waals surface area contributed by atoms with Crippen LogP contribution < -0.4 is 5.06 Å². The maximum Gasteiger partial charge on any atom is 0.217 e. The Balaban J connectivity index is 3.19. The Hall–Kier alpha value is -1.55. The van der Waals surface area contributed by atoms with Crippen molar-refractivity contribution in [3.05, 3.63) is 34.2 Å². The molecule has 4 heteroatoms. The van der Waals surface area contributed by atoms with Gasteiger partial charge in [-0.25, -0.2) is 0 Å². The fourth-order valence-electron chi connectivity index (χ4n) is 1.09. The van der Waals surface area contributed by atoms with Crippen LogP contribution in [0, 0.1) is 17.3 Å². The fraction of sp³-hybridized carbons (Fsp3) is 0.222. The molecular formula is C9H11N2O2-. The van der Waals surface area contributed by atoms with Gasteiger partial charge in [0.15, 0.2) is 0 Å². The molecular weight excluding hydrogens is 168 g/mol. The number of aryl methyl sites for hydroxylation is 1. The second-order valence-electron chi connectivity index (χ2n) is 2.85. The van der Waals surface area contributed by atoms with Gasteiger partial charge in [-0.15, -0.1) is 0 Å². The lowest BCUT2D eigenvalue weighted by Crippen LogP contribution is -2.08. The van der Waals surface area contributed by atoms with Crippen LogP contribution in [0.25, 0.3) is 0 Å². The zero-order valence-electron chi connectivity index (χ0n) is 7.65. The van der Waals surface area contributed by atoms with Crippen molar-refractivity contribution in [1.29, 1.82) is 0 Å². The van der Waals surface area contributed by atoms with E-state index in [1.807, 2.05) is 6.92 Å². The van der Waals surface area contributed by atoms with Crippen molar-refractivity contribution in [1.82, 2.24) is 0 Å². The lowest BCUT2D eigenvalue weighted by atomic mass is 10.2. The number of hydroxylamine groups is 1. The van der Waals surface area contributed by atoms with E-state index < -0.39 is 0 Å². The molecule has 1 aromatic rings. The molecule has 1 aromatic carbocycles. The fourth-order valence-corrected chi connectivity index (χ4v) is 1.09. The number of hydrogen-bond acceptors (Lipinski definition) is 3. The second kappa shape index (κ2) is 3.45. The lowest BCUT2D eigenvalue weighted by molar-refractivity contribution is -0.349. The molecule has 13 heavy (non-hydrogen) atoms. The lowest BCUT2D eigenvalue weighted by Gasteiger charge is -2.26. The smallest absolute Gasteiger partial charge is 0.217 e. The molecule has 0 atom stereocenters. The summed E-state index contributed by atoms with van der Waals surface area (Å²) in [6.07, 6.45) is 0. The minimum atomic E-state index is 0.378. The van der Waals surface area contributed by atoms with Crippen LogP contribution in [0.4, 0.5) is 11.4 Å². The third kappa shape index (κ3) is 1.97. The number of rotatable bonds is 2. The molecule has 0 aliphatic heterocycles. The molecule has 0 N–H and O–H groups in total. The largest absolute Gasteiger partial charge is 0.758 e. The highest BCUT2D eigenvalue weighted by Crippen LogP contribution is 2.23. The van der Waals surface area contributed by atoms with E-state index in [-0.39, 0.29) is 0 Å². The molecule has 0 amide bonds.